The molecule has 3 aromatic heterocycles. The molecule has 10 rings (SSSR count). The monoisotopic (exact) mass is 714 g/mol. The topological polar surface area (TPSA) is 120 Å². The zero-order chi connectivity index (χ0) is 37.8. The Morgan fingerprint density at radius 3 is 1.32 bits per heavy atom. The fraction of sp³-hybridized carbons (Fsp3) is 0. The Morgan fingerprint density at radius 2 is 0.821 bits per heavy atom. The van der Waals surface area contributed by atoms with Crippen molar-refractivity contribution in [1.29, 1.82) is 15.8 Å². The Balaban J connectivity index is 1.36. The molecule has 0 aliphatic heterocycles. The van der Waals surface area contributed by atoms with Gasteiger partial charge in [-0.2, -0.15) is 15.8 Å². The third-order valence-electron chi connectivity index (χ3n) is 10.3. The van der Waals surface area contributed by atoms with Crippen LogP contribution in [-0.2, 0) is 0 Å². The highest BCUT2D eigenvalue weighted by atomic mass is 15.1. The van der Waals surface area contributed by atoms with Gasteiger partial charge in [-0.05, 0) is 60.7 Å². The highest BCUT2D eigenvalue weighted by Gasteiger charge is 2.24. The van der Waals surface area contributed by atoms with Crippen LogP contribution in [0.1, 0.15) is 16.7 Å². The predicted octanol–water partition coefficient (Wildman–Crippen LogP) is 10.7. The molecule has 0 N–H and O–H groups in total. The van der Waals surface area contributed by atoms with Gasteiger partial charge in [-0.25, -0.2) is 15.0 Å². The average molecular weight is 715 g/mol. The smallest absolute Gasteiger partial charge is 0.166 e. The van der Waals surface area contributed by atoms with E-state index in [4.69, 9.17) is 15.0 Å². The molecule has 0 aliphatic carbocycles. The summed E-state index contributed by atoms with van der Waals surface area (Å²) in [7, 11) is 0. The van der Waals surface area contributed by atoms with Crippen LogP contribution in [0.25, 0.3) is 89.2 Å². The first-order chi connectivity index (χ1) is 27.6. The number of rotatable bonds is 5. The van der Waals surface area contributed by atoms with Crippen molar-refractivity contribution in [3.05, 3.63) is 174 Å². The lowest BCUT2D eigenvalue weighted by molar-refractivity contribution is 1.06. The van der Waals surface area contributed by atoms with Crippen molar-refractivity contribution in [2.24, 2.45) is 0 Å². The number of benzene rings is 7. The van der Waals surface area contributed by atoms with Gasteiger partial charge in [0.2, 0.25) is 0 Å². The van der Waals surface area contributed by atoms with Gasteiger partial charge in [0.15, 0.2) is 17.5 Å². The summed E-state index contributed by atoms with van der Waals surface area (Å²) in [6.45, 7) is 0. The molecule has 10 aromatic rings. The highest BCUT2D eigenvalue weighted by molar-refractivity contribution is 6.11. The van der Waals surface area contributed by atoms with Gasteiger partial charge in [0, 0.05) is 38.2 Å². The zero-order valence-corrected chi connectivity index (χ0v) is 29.6. The Kier molecular flexibility index (Phi) is 7.46. The summed E-state index contributed by atoms with van der Waals surface area (Å²) in [6.07, 6.45) is 0. The highest BCUT2D eigenvalue weighted by Crippen LogP contribution is 2.41. The molecule has 0 saturated carbocycles. The van der Waals surface area contributed by atoms with Crippen molar-refractivity contribution in [2.45, 2.75) is 0 Å². The van der Waals surface area contributed by atoms with E-state index in [9.17, 15) is 15.8 Å². The predicted molar refractivity (Wildman–Crippen MR) is 219 cm³/mol. The number of hydrogen-bond donors (Lipinski definition) is 0. The van der Waals surface area contributed by atoms with Crippen LogP contribution in [-0.4, -0.2) is 24.1 Å². The van der Waals surface area contributed by atoms with Crippen LogP contribution >= 0.6 is 0 Å². The lowest BCUT2D eigenvalue weighted by Crippen LogP contribution is -2.07. The first-order valence-corrected chi connectivity index (χ1v) is 18.0. The Bertz CT molecular complexity index is 3280. The van der Waals surface area contributed by atoms with E-state index >= 15 is 0 Å². The van der Waals surface area contributed by atoms with Crippen LogP contribution in [0.2, 0.25) is 0 Å². The average Bonchev–Trinajstić information content (AvgIpc) is 3.78. The fourth-order valence-electron chi connectivity index (χ4n) is 7.75. The number of nitrogens with zero attached hydrogens (tertiary/aromatic N) is 8. The van der Waals surface area contributed by atoms with E-state index in [1.165, 1.54) is 0 Å². The number of nitriles is 3. The summed E-state index contributed by atoms with van der Waals surface area (Å²) in [5.41, 5.74) is 8.70. The summed E-state index contributed by atoms with van der Waals surface area (Å²) < 4.78 is 4.21. The molecule has 0 saturated heterocycles. The fourth-order valence-corrected chi connectivity index (χ4v) is 7.75. The minimum atomic E-state index is 0.422. The minimum Gasteiger partial charge on any atom is -0.308 e. The molecule has 0 unspecified atom stereocenters. The number of aromatic nitrogens is 5. The molecule has 0 bridgehead atoms. The molecule has 8 nitrogen and oxygen atoms in total. The SMILES string of the molecule is N#Cc1ccc2c(c1)c1ccccc1n2-c1cc(-c2nc(-c3ccccc3)nc(-c3ccccc3)n2)c(-n2c3ccccc3c3cc(C#N)ccc32)cc1C#N. The Morgan fingerprint density at radius 1 is 0.375 bits per heavy atom. The largest absolute Gasteiger partial charge is 0.308 e. The van der Waals surface area contributed by atoms with Crippen LogP contribution < -0.4 is 0 Å². The van der Waals surface area contributed by atoms with E-state index < -0.39 is 0 Å². The van der Waals surface area contributed by atoms with Crippen molar-refractivity contribution in [3.8, 4) is 63.7 Å². The Labute approximate surface area is 320 Å². The van der Waals surface area contributed by atoms with Crippen LogP contribution in [0.3, 0.4) is 0 Å². The molecular formula is C48H26N8. The second-order valence-corrected chi connectivity index (χ2v) is 13.4. The van der Waals surface area contributed by atoms with Gasteiger partial charge < -0.3 is 9.13 Å². The number of para-hydroxylation sites is 2. The number of fused-ring (bicyclic) bond motifs is 6. The molecule has 0 fully saturated rings. The van der Waals surface area contributed by atoms with Crippen LogP contribution in [0.5, 0.6) is 0 Å². The van der Waals surface area contributed by atoms with Gasteiger partial charge in [0.05, 0.1) is 62.3 Å². The van der Waals surface area contributed by atoms with E-state index in [-0.39, 0.29) is 0 Å². The van der Waals surface area contributed by atoms with Gasteiger partial charge in [-0.1, -0.05) is 97.1 Å². The van der Waals surface area contributed by atoms with E-state index in [1.54, 1.807) is 6.07 Å². The Hall–Kier alpha value is -8.38. The standard InChI is InChI=1S/C48H26N8/c49-27-30-19-21-42-37(23-30)35-15-7-9-17-40(35)55(42)44-26-39(48-53-46(32-11-3-1-4-12-32)52-47(54-48)33-13-5-2-6-14-33)45(25-34(44)29-51)56-41-18-10-8-16-36(41)38-24-31(28-50)20-22-43(38)56/h1-26H. The van der Waals surface area contributed by atoms with Crippen molar-refractivity contribution in [1.82, 2.24) is 24.1 Å². The summed E-state index contributed by atoms with van der Waals surface area (Å²) in [5, 5.41) is 34.4. The maximum atomic E-state index is 11.0. The summed E-state index contributed by atoms with van der Waals surface area (Å²) in [6, 6.07) is 58.1. The second kappa shape index (κ2) is 12.9. The molecular weight excluding hydrogens is 689 g/mol. The zero-order valence-electron chi connectivity index (χ0n) is 29.6. The molecule has 0 aliphatic rings. The van der Waals surface area contributed by atoms with Crippen molar-refractivity contribution < 1.29 is 0 Å². The summed E-state index contributed by atoms with van der Waals surface area (Å²) in [4.78, 5) is 15.3. The molecule has 56 heavy (non-hydrogen) atoms. The third-order valence-corrected chi connectivity index (χ3v) is 10.3. The number of hydrogen-bond acceptors (Lipinski definition) is 6. The van der Waals surface area contributed by atoms with Crippen LogP contribution in [0.4, 0.5) is 0 Å². The third kappa shape index (κ3) is 5.09. The van der Waals surface area contributed by atoms with Crippen molar-refractivity contribution >= 4 is 43.6 Å². The van der Waals surface area contributed by atoms with Crippen LogP contribution in [0.15, 0.2) is 158 Å². The summed E-state index contributed by atoms with van der Waals surface area (Å²) >= 11 is 0. The summed E-state index contributed by atoms with van der Waals surface area (Å²) in [5.74, 6) is 1.44. The lowest BCUT2D eigenvalue weighted by atomic mass is 10.0. The van der Waals surface area contributed by atoms with E-state index in [2.05, 4.69) is 27.3 Å². The molecule has 7 aromatic carbocycles. The van der Waals surface area contributed by atoms with E-state index in [1.807, 2.05) is 152 Å². The molecule has 0 amide bonds. The maximum absolute atomic E-state index is 11.0. The van der Waals surface area contributed by atoms with Crippen molar-refractivity contribution in [2.75, 3.05) is 0 Å². The van der Waals surface area contributed by atoms with E-state index in [0.29, 0.717) is 51.1 Å². The normalized spacial score (nSPS) is 11.2. The molecule has 3 heterocycles. The van der Waals surface area contributed by atoms with E-state index in [0.717, 1.165) is 54.7 Å². The first kappa shape index (κ1) is 32.3. The van der Waals surface area contributed by atoms with Gasteiger partial charge >= 0.3 is 0 Å². The molecule has 0 atom stereocenters. The first-order valence-electron chi connectivity index (χ1n) is 18.0. The second-order valence-electron chi connectivity index (χ2n) is 13.4. The molecule has 8 heteroatoms. The molecule has 0 radical (unpaired) electrons. The van der Waals surface area contributed by atoms with Crippen molar-refractivity contribution in [3.63, 3.8) is 0 Å². The van der Waals surface area contributed by atoms with Gasteiger partial charge in [0.1, 0.15) is 6.07 Å². The molecule has 0 spiro atoms. The van der Waals surface area contributed by atoms with Gasteiger partial charge in [-0.3, -0.25) is 0 Å². The minimum absolute atomic E-state index is 0.422. The molecule has 258 valence electrons. The van der Waals surface area contributed by atoms with Gasteiger partial charge in [-0.15, -0.1) is 0 Å². The van der Waals surface area contributed by atoms with Crippen LogP contribution in [0, 0.1) is 34.0 Å². The van der Waals surface area contributed by atoms with Gasteiger partial charge in [0.25, 0.3) is 0 Å². The quantitative estimate of drug-likeness (QED) is 0.175. The lowest BCUT2D eigenvalue weighted by Gasteiger charge is -2.18. The maximum Gasteiger partial charge on any atom is 0.166 e.